The summed E-state index contributed by atoms with van der Waals surface area (Å²) in [5.74, 6) is -1.74. The lowest BCUT2D eigenvalue weighted by Crippen LogP contribution is -2.12. The van der Waals surface area contributed by atoms with Gasteiger partial charge in [0, 0.05) is 14.2 Å². The first-order valence-corrected chi connectivity index (χ1v) is 14.2. The topological polar surface area (TPSA) is 63.6 Å². The number of unbranched alkanes of at least 4 members (excludes halogenated alkanes) is 4. The summed E-state index contributed by atoms with van der Waals surface area (Å²) in [5.41, 5.74) is -0.0160. The van der Waals surface area contributed by atoms with Crippen molar-refractivity contribution in [3.8, 4) is 5.75 Å². The number of ether oxygens (including phenoxy) is 1. The monoisotopic (exact) mass is 439 g/mol. The van der Waals surface area contributed by atoms with Crippen LogP contribution in [0, 0.1) is 0 Å². The highest BCUT2D eigenvalue weighted by Gasteiger charge is 2.34. The van der Waals surface area contributed by atoms with E-state index in [1.54, 1.807) is 36.8 Å². The van der Waals surface area contributed by atoms with E-state index in [0.717, 1.165) is 6.92 Å². The van der Waals surface area contributed by atoms with Crippen LogP contribution in [0.2, 0.25) is 0 Å². The smallest absolute Gasteiger partial charge is 0.349 e. The molecule has 0 aliphatic carbocycles. The average molecular weight is 440 g/mol. The number of phenolic OH excluding ortho intramolecular Hbond substituents is 1. The summed E-state index contributed by atoms with van der Waals surface area (Å²) in [7, 11) is -0.562. The Bertz CT molecular complexity index is 563. The Morgan fingerprint density at radius 1 is 0.800 bits per heavy atom. The van der Waals surface area contributed by atoms with E-state index in [9.17, 15) is 14.7 Å². The van der Waals surface area contributed by atoms with Crippen LogP contribution in [-0.2, 0) is 9.53 Å². The normalized spacial score (nSPS) is 10.8. The van der Waals surface area contributed by atoms with Gasteiger partial charge in [0.25, 0.3) is 0 Å². The summed E-state index contributed by atoms with van der Waals surface area (Å²) in [6, 6.07) is 5.85. The standard InChI is InChI=1S/C16H36P.C9H8O4/c1-5-9-13-17(14-10-6-2,15-11-7-3)16-12-8-4;1-6(10)13-9(12)7-4-2-3-5-8(7)11/h5-16H2,1-4H3;2-5,11H,1H3/q+1;. The third-order valence-electron chi connectivity index (χ3n) is 5.30. The molecule has 1 N–H and O–H groups in total. The molecule has 5 heteroatoms. The molecule has 1 rings (SSSR count). The van der Waals surface area contributed by atoms with Crippen LogP contribution >= 0.6 is 7.26 Å². The highest BCUT2D eigenvalue weighted by molar-refractivity contribution is 7.75. The number of benzene rings is 1. The zero-order valence-corrected chi connectivity index (χ0v) is 20.8. The minimum absolute atomic E-state index is 0.0160. The number of hydrogen-bond donors (Lipinski definition) is 1. The van der Waals surface area contributed by atoms with E-state index in [0.29, 0.717) is 0 Å². The number of aromatic hydroxyl groups is 1. The summed E-state index contributed by atoms with van der Waals surface area (Å²) in [5, 5.41) is 9.18. The van der Waals surface area contributed by atoms with Crippen molar-refractivity contribution in [2.45, 2.75) is 86.0 Å². The Kier molecular flexibility index (Phi) is 16.5. The second kappa shape index (κ2) is 17.3. The second-order valence-corrected chi connectivity index (χ2v) is 12.5. The predicted octanol–water partition coefficient (Wildman–Crippen LogP) is 7.30. The van der Waals surface area contributed by atoms with E-state index in [1.807, 2.05) is 0 Å². The lowest BCUT2D eigenvalue weighted by molar-refractivity contribution is -0.135. The lowest BCUT2D eigenvalue weighted by atomic mass is 10.2. The first-order chi connectivity index (χ1) is 14.4. The second-order valence-electron chi connectivity index (χ2n) is 8.05. The van der Waals surface area contributed by atoms with Crippen molar-refractivity contribution in [3.63, 3.8) is 0 Å². The summed E-state index contributed by atoms with van der Waals surface area (Å²) in [6.07, 6.45) is 17.9. The molecule has 0 saturated heterocycles. The van der Waals surface area contributed by atoms with E-state index in [4.69, 9.17) is 0 Å². The number of phenols is 1. The maximum Gasteiger partial charge on any atom is 0.349 e. The maximum absolute atomic E-state index is 11.1. The Morgan fingerprint density at radius 2 is 1.20 bits per heavy atom. The zero-order valence-electron chi connectivity index (χ0n) is 19.9. The third kappa shape index (κ3) is 12.3. The first-order valence-electron chi connectivity index (χ1n) is 11.7. The molecule has 172 valence electrons. The molecular formula is C25H44O4P+. The molecular weight excluding hydrogens is 395 g/mol. The van der Waals surface area contributed by atoms with E-state index in [-0.39, 0.29) is 11.3 Å². The summed E-state index contributed by atoms with van der Waals surface area (Å²) in [4.78, 5) is 21.5. The van der Waals surface area contributed by atoms with E-state index >= 15 is 0 Å². The van der Waals surface area contributed by atoms with Gasteiger partial charge < -0.3 is 9.84 Å². The van der Waals surface area contributed by atoms with Crippen molar-refractivity contribution >= 4 is 19.2 Å². The fourth-order valence-corrected chi connectivity index (χ4v) is 8.77. The van der Waals surface area contributed by atoms with Crippen molar-refractivity contribution in [2.75, 3.05) is 24.6 Å². The molecule has 0 amide bonds. The van der Waals surface area contributed by atoms with Crippen LogP contribution in [0.5, 0.6) is 5.75 Å². The maximum atomic E-state index is 11.1. The lowest BCUT2D eigenvalue weighted by Gasteiger charge is -2.28. The van der Waals surface area contributed by atoms with Crippen molar-refractivity contribution in [3.05, 3.63) is 29.8 Å². The van der Waals surface area contributed by atoms with Gasteiger partial charge in [0.05, 0.1) is 24.6 Å². The van der Waals surface area contributed by atoms with Crippen LogP contribution in [0.25, 0.3) is 0 Å². The predicted molar refractivity (Wildman–Crippen MR) is 130 cm³/mol. The quantitative estimate of drug-likeness (QED) is 0.199. The van der Waals surface area contributed by atoms with Gasteiger partial charge in [-0.15, -0.1) is 0 Å². The van der Waals surface area contributed by atoms with Gasteiger partial charge in [0.15, 0.2) is 0 Å². The van der Waals surface area contributed by atoms with Gasteiger partial charge in [-0.2, -0.15) is 0 Å². The Hall–Kier alpha value is -1.41. The number of carbonyl (C=O) groups is 2. The van der Waals surface area contributed by atoms with Crippen molar-refractivity contribution in [1.82, 2.24) is 0 Å². The summed E-state index contributed by atoms with van der Waals surface area (Å²) < 4.78 is 4.28. The van der Waals surface area contributed by atoms with Crippen LogP contribution in [0.15, 0.2) is 24.3 Å². The highest BCUT2D eigenvalue weighted by atomic mass is 31.2. The van der Waals surface area contributed by atoms with Crippen LogP contribution < -0.4 is 0 Å². The van der Waals surface area contributed by atoms with Gasteiger partial charge in [0.1, 0.15) is 11.3 Å². The molecule has 0 unspecified atom stereocenters. The number of hydrogen-bond acceptors (Lipinski definition) is 4. The van der Waals surface area contributed by atoms with Crippen molar-refractivity contribution in [1.29, 1.82) is 0 Å². The highest BCUT2D eigenvalue weighted by Crippen LogP contribution is 2.61. The minimum Gasteiger partial charge on any atom is -0.507 e. The summed E-state index contributed by atoms with van der Waals surface area (Å²) >= 11 is 0. The van der Waals surface area contributed by atoms with Gasteiger partial charge in [-0.05, 0) is 37.8 Å². The zero-order chi connectivity index (χ0) is 22.8. The molecule has 0 bridgehead atoms. The van der Waals surface area contributed by atoms with Crippen LogP contribution in [0.4, 0.5) is 0 Å². The van der Waals surface area contributed by atoms with Gasteiger partial charge >= 0.3 is 11.9 Å². The molecule has 0 radical (unpaired) electrons. The van der Waals surface area contributed by atoms with Crippen molar-refractivity contribution in [2.24, 2.45) is 0 Å². The number of para-hydroxylation sites is 1. The fraction of sp³-hybridized carbons (Fsp3) is 0.680. The van der Waals surface area contributed by atoms with Gasteiger partial charge in [0.2, 0.25) is 0 Å². The van der Waals surface area contributed by atoms with E-state index in [2.05, 4.69) is 32.4 Å². The Balaban J connectivity index is 0.000000579. The molecule has 0 spiro atoms. The molecule has 0 atom stereocenters. The largest absolute Gasteiger partial charge is 0.507 e. The molecule has 0 heterocycles. The van der Waals surface area contributed by atoms with Crippen LogP contribution in [0.1, 0.15) is 96.3 Å². The van der Waals surface area contributed by atoms with E-state index in [1.165, 1.54) is 63.5 Å². The molecule has 0 aliphatic heterocycles. The molecule has 4 nitrogen and oxygen atoms in total. The van der Waals surface area contributed by atoms with E-state index < -0.39 is 19.2 Å². The molecule has 30 heavy (non-hydrogen) atoms. The molecule has 0 fully saturated rings. The van der Waals surface area contributed by atoms with Crippen LogP contribution in [0.3, 0.4) is 0 Å². The average Bonchev–Trinajstić information content (AvgIpc) is 2.73. The van der Waals surface area contributed by atoms with Crippen LogP contribution in [-0.4, -0.2) is 41.7 Å². The Labute approximate surface area is 185 Å². The minimum atomic E-state index is -0.842. The molecule has 1 aromatic rings. The first kappa shape index (κ1) is 28.6. The number of esters is 2. The number of rotatable bonds is 13. The third-order valence-corrected chi connectivity index (χ3v) is 10.4. The number of carbonyl (C=O) groups excluding carboxylic acids is 2. The van der Waals surface area contributed by atoms with Crippen molar-refractivity contribution < 1.29 is 19.4 Å². The molecule has 1 aromatic carbocycles. The molecule has 0 aromatic heterocycles. The molecule has 0 saturated carbocycles. The Morgan fingerprint density at radius 3 is 1.53 bits per heavy atom. The molecule has 0 aliphatic rings. The van der Waals surface area contributed by atoms with Gasteiger partial charge in [-0.1, -0.05) is 65.5 Å². The van der Waals surface area contributed by atoms with Gasteiger partial charge in [-0.3, -0.25) is 4.79 Å². The summed E-state index contributed by atoms with van der Waals surface area (Å²) in [6.45, 7) is 10.5. The van der Waals surface area contributed by atoms with Gasteiger partial charge in [-0.25, -0.2) is 4.79 Å². The SMILES string of the molecule is CC(=O)OC(=O)c1ccccc1O.CCCC[P+](CCCC)(CCCC)CCCC. The fourth-order valence-electron chi connectivity index (χ4n) is 3.48.